The highest BCUT2D eigenvalue weighted by Gasteiger charge is 2.17. The number of ether oxygens (including phenoxy) is 6. The van der Waals surface area contributed by atoms with E-state index in [2.05, 4.69) is 46.2 Å². The van der Waals surface area contributed by atoms with Gasteiger partial charge in [-0.2, -0.15) is 0 Å². The number of nitrogens with zero attached hydrogens (tertiary/aromatic N) is 5. The predicted octanol–water partition coefficient (Wildman–Crippen LogP) is 11.6. The van der Waals surface area contributed by atoms with Gasteiger partial charge >= 0.3 is 0 Å². The number of nitrogens with one attached hydrogen (secondary N) is 4. The summed E-state index contributed by atoms with van der Waals surface area (Å²) in [5, 5.41) is 13.9. The van der Waals surface area contributed by atoms with Gasteiger partial charge in [-0.25, -0.2) is 9.97 Å². The minimum Gasteiger partial charge on any atom is -0.493 e. The molecule has 10 aromatic rings. The van der Waals surface area contributed by atoms with Crippen molar-refractivity contribution in [3.05, 3.63) is 211 Å². The molecule has 5 aromatic heterocycles. The summed E-state index contributed by atoms with van der Waals surface area (Å²) in [6.07, 6.45) is 8.34. The Hall–Kier alpha value is -10.3. The summed E-state index contributed by atoms with van der Waals surface area (Å²) in [5.41, 5.74) is 5.64. The fourth-order valence-electron chi connectivity index (χ4n) is 7.83. The number of hydrogen-bond acceptors (Lipinski definition) is 15. The van der Waals surface area contributed by atoms with Gasteiger partial charge in [-0.3, -0.25) is 24.5 Å². The molecule has 380 valence electrons. The Labute approximate surface area is 437 Å². The minimum atomic E-state index is -0.247. The smallest absolute Gasteiger partial charge is 0.255 e. The number of hydrogen-bond donors (Lipinski definition) is 4. The van der Waals surface area contributed by atoms with E-state index in [1.54, 1.807) is 95.8 Å². The zero-order chi connectivity index (χ0) is 52.6. The number of amides is 2. The first kappa shape index (κ1) is 50.6. The molecule has 0 saturated heterocycles. The summed E-state index contributed by atoms with van der Waals surface area (Å²) in [5.74, 6) is 5.38. The molecule has 76 heavy (non-hydrogen) atoms. The summed E-state index contributed by atoms with van der Waals surface area (Å²) in [6.45, 7) is 0.755. The van der Waals surface area contributed by atoms with Crippen LogP contribution in [0.15, 0.2) is 189 Å². The average molecular weight is 1010 g/mol. The standard InChI is InChI=1S/C30H26N4O4.C29H25N5O4/c1-36-27-17-24-25(18-28(27)37-2)31-16-14-26(24)38-22-12-10-21(11-13-22)34-29-23(9-6-15-32-29)30(35)33-19-20-7-4-3-5-8-20;1-36-26-16-23-24(17-27(26)37-2)31-15-12-25(23)38-21-10-8-19(9-11-21)34-28-22(7-5-14-32-28)29(35)33-18-20-6-3-4-13-30-20/h3-18H,19H2,1-2H3,(H,32,34)(H,33,35);3-17H,18H2,1-2H3,(H,32,34)(H,33,35). The van der Waals surface area contributed by atoms with Crippen LogP contribution in [0.4, 0.5) is 23.0 Å². The third kappa shape index (κ3) is 12.5. The second kappa shape index (κ2) is 24.4. The van der Waals surface area contributed by atoms with Crippen molar-refractivity contribution in [3.8, 4) is 46.0 Å². The van der Waals surface area contributed by atoms with Gasteiger partial charge < -0.3 is 49.7 Å². The summed E-state index contributed by atoms with van der Waals surface area (Å²) in [6, 6.07) is 47.9. The quantitative estimate of drug-likeness (QED) is 0.0632. The van der Waals surface area contributed by atoms with Crippen LogP contribution >= 0.6 is 0 Å². The summed E-state index contributed by atoms with van der Waals surface area (Å²) >= 11 is 0. The first-order chi connectivity index (χ1) is 37.3. The van der Waals surface area contributed by atoms with Crippen molar-refractivity contribution in [2.75, 3.05) is 39.1 Å². The van der Waals surface area contributed by atoms with Crippen molar-refractivity contribution < 1.29 is 38.0 Å². The van der Waals surface area contributed by atoms with Gasteiger partial charge in [-0.15, -0.1) is 0 Å². The highest BCUT2D eigenvalue weighted by molar-refractivity contribution is 6.00. The van der Waals surface area contributed by atoms with Gasteiger partial charge in [0.15, 0.2) is 23.0 Å². The van der Waals surface area contributed by atoms with Gasteiger partial charge in [-0.05, 0) is 115 Å². The Morgan fingerprint density at radius 1 is 0.408 bits per heavy atom. The van der Waals surface area contributed by atoms with Gasteiger partial charge in [0.25, 0.3) is 11.8 Å². The van der Waals surface area contributed by atoms with E-state index in [1.807, 2.05) is 121 Å². The SMILES string of the molecule is COc1cc2nccc(Oc3ccc(Nc4ncccc4C(=O)NCc4ccccc4)cc3)c2cc1OC.COc1cc2nccc(Oc3ccc(Nc4ncccc4C(=O)NCc4ccccn4)cc3)c2cc1OC. The topological polar surface area (TPSA) is 202 Å². The number of fused-ring (bicyclic) bond motifs is 2. The highest BCUT2D eigenvalue weighted by atomic mass is 16.5. The predicted molar refractivity (Wildman–Crippen MR) is 291 cm³/mol. The van der Waals surface area contributed by atoms with Gasteiger partial charge in [0.05, 0.1) is 62.8 Å². The Morgan fingerprint density at radius 3 is 1.32 bits per heavy atom. The van der Waals surface area contributed by atoms with Gasteiger partial charge in [0.1, 0.15) is 34.6 Å². The van der Waals surface area contributed by atoms with Crippen molar-refractivity contribution in [1.29, 1.82) is 0 Å². The van der Waals surface area contributed by atoms with Crippen LogP contribution in [0.3, 0.4) is 0 Å². The number of benzene rings is 5. The molecule has 5 aromatic carbocycles. The van der Waals surface area contributed by atoms with Crippen LogP contribution < -0.4 is 49.7 Å². The van der Waals surface area contributed by atoms with E-state index >= 15 is 0 Å². The molecular weight excluding hydrogens is 963 g/mol. The second-order valence-corrected chi connectivity index (χ2v) is 16.5. The molecule has 4 N–H and O–H groups in total. The van der Waals surface area contributed by atoms with E-state index in [9.17, 15) is 9.59 Å². The average Bonchev–Trinajstić information content (AvgIpc) is 3.47. The Morgan fingerprint density at radius 2 is 0.855 bits per heavy atom. The van der Waals surface area contributed by atoms with Crippen LogP contribution in [0, 0.1) is 0 Å². The molecule has 0 aliphatic heterocycles. The number of rotatable bonds is 18. The molecule has 0 spiro atoms. The number of pyridine rings is 5. The first-order valence-electron chi connectivity index (χ1n) is 23.8. The van der Waals surface area contributed by atoms with Crippen molar-refractivity contribution in [2.24, 2.45) is 0 Å². The molecule has 0 saturated carbocycles. The van der Waals surface area contributed by atoms with Crippen LogP contribution in [-0.2, 0) is 13.1 Å². The fraction of sp³-hybridized carbons (Fsp3) is 0.102. The lowest BCUT2D eigenvalue weighted by Gasteiger charge is -2.13. The van der Waals surface area contributed by atoms with Crippen LogP contribution in [0.25, 0.3) is 21.8 Å². The Balaban J connectivity index is 0.000000186. The molecule has 0 aliphatic carbocycles. The lowest BCUT2D eigenvalue weighted by molar-refractivity contribution is 0.0943. The zero-order valence-corrected chi connectivity index (χ0v) is 41.8. The molecule has 5 heterocycles. The van der Waals surface area contributed by atoms with E-state index in [1.165, 1.54) is 0 Å². The molecule has 2 amide bonds. The molecule has 0 aliphatic rings. The highest BCUT2D eigenvalue weighted by Crippen LogP contribution is 2.39. The van der Waals surface area contributed by atoms with E-state index in [-0.39, 0.29) is 11.8 Å². The van der Waals surface area contributed by atoms with E-state index in [4.69, 9.17) is 28.4 Å². The van der Waals surface area contributed by atoms with E-state index in [0.717, 1.165) is 44.4 Å². The minimum absolute atomic E-state index is 0.207. The van der Waals surface area contributed by atoms with Crippen molar-refractivity contribution in [1.82, 2.24) is 35.6 Å². The number of carbonyl (C=O) groups excluding carboxylic acids is 2. The lowest BCUT2D eigenvalue weighted by atomic mass is 10.2. The maximum absolute atomic E-state index is 12.8. The third-order valence-electron chi connectivity index (χ3n) is 11.7. The summed E-state index contributed by atoms with van der Waals surface area (Å²) in [4.78, 5) is 47.5. The summed E-state index contributed by atoms with van der Waals surface area (Å²) in [7, 11) is 6.35. The number of methoxy groups -OCH3 is 4. The number of anilines is 4. The maximum atomic E-state index is 12.8. The van der Waals surface area contributed by atoms with Crippen molar-refractivity contribution in [2.45, 2.75) is 13.1 Å². The van der Waals surface area contributed by atoms with Crippen molar-refractivity contribution in [3.63, 3.8) is 0 Å². The number of carbonyl (C=O) groups is 2. The lowest BCUT2D eigenvalue weighted by Crippen LogP contribution is -2.24. The molecule has 0 atom stereocenters. The van der Waals surface area contributed by atoms with Gasteiger partial charge in [0, 0.05) is 71.8 Å². The van der Waals surface area contributed by atoms with Crippen LogP contribution in [-0.4, -0.2) is 65.2 Å². The molecule has 0 unspecified atom stereocenters. The molecule has 10 rings (SSSR count). The largest absolute Gasteiger partial charge is 0.493 e. The molecule has 0 fully saturated rings. The van der Waals surface area contributed by atoms with Crippen LogP contribution in [0.5, 0.6) is 46.0 Å². The molecule has 0 radical (unpaired) electrons. The molecular formula is C59H51N9O8. The molecule has 0 bridgehead atoms. The fourth-order valence-corrected chi connectivity index (χ4v) is 7.83. The maximum Gasteiger partial charge on any atom is 0.255 e. The molecule has 17 nitrogen and oxygen atoms in total. The van der Waals surface area contributed by atoms with Crippen LogP contribution in [0.2, 0.25) is 0 Å². The van der Waals surface area contributed by atoms with E-state index in [0.29, 0.717) is 81.8 Å². The normalized spacial score (nSPS) is 10.6. The zero-order valence-electron chi connectivity index (χ0n) is 41.8. The third-order valence-corrected chi connectivity index (χ3v) is 11.7. The summed E-state index contributed by atoms with van der Waals surface area (Å²) < 4.78 is 33.9. The van der Waals surface area contributed by atoms with E-state index < -0.39 is 0 Å². The first-order valence-corrected chi connectivity index (χ1v) is 23.8. The van der Waals surface area contributed by atoms with Crippen LogP contribution in [0.1, 0.15) is 32.0 Å². The van der Waals surface area contributed by atoms with Gasteiger partial charge in [-0.1, -0.05) is 36.4 Å². The Bertz CT molecular complexity index is 3350. The van der Waals surface area contributed by atoms with Crippen molar-refractivity contribution >= 4 is 56.6 Å². The van der Waals surface area contributed by atoms with Gasteiger partial charge in [0.2, 0.25) is 0 Å². The second-order valence-electron chi connectivity index (χ2n) is 16.5. The Kier molecular flexibility index (Phi) is 16.3. The molecule has 17 heteroatoms. The monoisotopic (exact) mass is 1010 g/mol. The number of aromatic nitrogens is 5.